The number of methoxy groups -OCH3 is 1. The maximum Gasteiger partial charge on any atom is 0.0698 e. The van der Waals surface area contributed by atoms with Gasteiger partial charge in [-0.1, -0.05) is 19.8 Å². The van der Waals surface area contributed by atoms with Gasteiger partial charge in [0.2, 0.25) is 0 Å². The van der Waals surface area contributed by atoms with Crippen molar-refractivity contribution in [2.45, 2.75) is 76.5 Å². The molecule has 0 bridgehead atoms. The van der Waals surface area contributed by atoms with E-state index < -0.39 is 0 Å². The van der Waals surface area contributed by atoms with E-state index in [1.807, 2.05) is 7.11 Å². The average molecular weight is 269 g/mol. The number of hydrogen-bond acceptors (Lipinski definition) is 3. The minimum absolute atomic E-state index is 0.211. The molecular weight excluding hydrogens is 238 g/mol. The maximum atomic E-state index is 6.16. The Labute approximate surface area is 118 Å². The molecule has 2 aliphatic rings. The highest BCUT2D eigenvalue weighted by atomic mass is 16.5. The van der Waals surface area contributed by atoms with Crippen molar-refractivity contribution < 1.29 is 9.47 Å². The first-order valence-corrected chi connectivity index (χ1v) is 8.11. The Morgan fingerprint density at radius 1 is 1.37 bits per heavy atom. The molecule has 1 spiro atoms. The lowest BCUT2D eigenvalue weighted by atomic mass is 9.79. The molecule has 1 saturated carbocycles. The van der Waals surface area contributed by atoms with Gasteiger partial charge in [-0.2, -0.15) is 0 Å². The van der Waals surface area contributed by atoms with Gasteiger partial charge < -0.3 is 14.8 Å². The van der Waals surface area contributed by atoms with E-state index in [0.717, 1.165) is 13.2 Å². The molecule has 3 atom stereocenters. The lowest BCUT2D eigenvalue weighted by Gasteiger charge is -2.43. The number of rotatable bonds is 6. The van der Waals surface area contributed by atoms with Crippen LogP contribution in [-0.4, -0.2) is 38.0 Å². The minimum Gasteiger partial charge on any atom is -0.380 e. The predicted octanol–water partition coefficient (Wildman–Crippen LogP) is 3.13. The van der Waals surface area contributed by atoms with Gasteiger partial charge >= 0.3 is 0 Å². The van der Waals surface area contributed by atoms with Crippen LogP contribution in [0.4, 0.5) is 0 Å². The highest BCUT2D eigenvalue weighted by molar-refractivity contribution is 4.95. The summed E-state index contributed by atoms with van der Waals surface area (Å²) in [6.07, 6.45) is 9.10. The van der Waals surface area contributed by atoms with Crippen LogP contribution < -0.4 is 5.32 Å². The molecule has 3 unspecified atom stereocenters. The van der Waals surface area contributed by atoms with Crippen molar-refractivity contribution in [1.82, 2.24) is 5.32 Å². The molecule has 19 heavy (non-hydrogen) atoms. The Bertz CT molecular complexity index is 263. The summed E-state index contributed by atoms with van der Waals surface area (Å²) >= 11 is 0. The molecule has 3 heteroatoms. The second-order valence-corrected chi connectivity index (χ2v) is 6.41. The largest absolute Gasteiger partial charge is 0.380 e. The highest BCUT2D eigenvalue weighted by Gasteiger charge is 2.42. The third kappa shape index (κ3) is 3.71. The normalized spacial score (nSPS) is 29.5. The van der Waals surface area contributed by atoms with Crippen molar-refractivity contribution in [2.75, 3.05) is 20.3 Å². The minimum atomic E-state index is 0.211. The zero-order valence-electron chi connectivity index (χ0n) is 12.9. The Hall–Kier alpha value is -0.120. The van der Waals surface area contributed by atoms with Crippen LogP contribution >= 0.6 is 0 Å². The van der Waals surface area contributed by atoms with Crippen LogP contribution in [0.3, 0.4) is 0 Å². The summed E-state index contributed by atoms with van der Waals surface area (Å²) in [4.78, 5) is 0. The smallest absolute Gasteiger partial charge is 0.0698 e. The first kappa shape index (κ1) is 15.3. The molecule has 1 aliphatic heterocycles. The summed E-state index contributed by atoms with van der Waals surface area (Å²) in [5.41, 5.74) is 0.211. The molecule has 3 nitrogen and oxygen atoms in total. The molecule has 0 aromatic heterocycles. The number of nitrogens with one attached hydrogen (secondary N) is 1. The standard InChI is InChI=1S/C16H31NO2/c1-4-10-17-15(13(2)18-3)14-7-11-19-16(12-14)8-5-6-9-16/h13-15,17H,4-12H2,1-3H3. The lowest BCUT2D eigenvalue weighted by Crippen LogP contribution is -2.50. The number of ether oxygens (including phenoxy) is 2. The van der Waals surface area contributed by atoms with Crippen molar-refractivity contribution >= 4 is 0 Å². The molecule has 1 heterocycles. The highest BCUT2D eigenvalue weighted by Crippen LogP contribution is 2.43. The Morgan fingerprint density at radius 3 is 2.74 bits per heavy atom. The molecule has 2 rings (SSSR count). The lowest BCUT2D eigenvalue weighted by molar-refractivity contribution is -0.105. The van der Waals surface area contributed by atoms with E-state index in [9.17, 15) is 0 Å². The van der Waals surface area contributed by atoms with Gasteiger partial charge in [-0.3, -0.25) is 0 Å². The fraction of sp³-hybridized carbons (Fsp3) is 1.00. The monoisotopic (exact) mass is 269 g/mol. The molecule has 112 valence electrons. The first-order valence-electron chi connectivity index (χ1n) is 8.11. The molecular formula is C16H31NO2. The van der Waals surface area contributed by atoms with Gasteiger partial charge in [0.15, 0.2) is 0 Å². The van der Waals surface area contributed by atoms with Crippen LogP contribution in [0.25, 0.3) is 0 Å². The molecule has 1 saturated heterocycles. The predicted molar refractivity (Wildman–Crippen MR) is 78.4 cm³/mol. The average Bonchev–Trinajstić information content (AvgIpc) is 2.87. The van der Waals surface area contributed by atoms with E-state index in [1.165, 1.54) is 44.9 Å². The van der Waals surface area contributed by atoms with E-state index >= 15 is 0 Å². The Balaban J connectivity index is 1.99. The fourth-order valence-electron chi connectivity index (χ4n) is 3.91. The summed E-state index contributed by atoms with van der Waals surface area (Å²) in [6.45, 7) is 6.45. The van der Waals surface area contributed by atoms with E-state index in [2.05, 4.69) is 19.2 Å². The van der Waals surface area contributed by atoms with Gasteiger partial charge in [-0.05, 0) is 51.5 Å². The topological polar surface area (TPSA) is 30.5 Å². The van der Waals surface area contributed by atoms with Crippen LogP contribution in [0.15, 0.2) is 0 Å². The van der Waals surface area contributed by atoms with Crippen LogP contribution in [0.2, 0.25) is 0 Å². The van der Waals surface area contributed by atoms with Gasteiger partial charge in [-0.15, -0.1) is 0 Å². The van der Waals surface area contributed by atoms with Gasteiger partial charge in [0.25, 0.3) is 0 Å². The second kappa shape index (κ2) is 7.05. The van der Waals surface area contributed by atoms with Gasteiger partial charge in [-0.25, -0.2) is 0 Å². The first-order chi connectivity index (χ1) is 9.21. The Morgan fingerprint density at radius 2 is 2.11 bits per heavy atom. The molecule has 0 aromatic rings. The number of hydrogen-bond donors (Lipinski definition) is 1. The zero-order valence-corrected chi connectivity index (χ0v) is 12.9. The van der Waals surface area contributed by atoms with Crippen LogP contribution in [0, 0.1) is 5.92 Å². The maximum absolute atomic E-state index is 6.16. The van der Waals surface area contributed by atoms with E-state index in [-0.39, 0.29) is 11.7 Å². The molecule has 0 aromatic carbocycles. The van der Waals surface area contributed by atoms with Crippen LogP contribution in [0.5, 0.6) is 0 Å². The summed E-state index contributed by atoms with van der Waals surface area (Å²) in [7, 11) is 1.83. The van der Waals surface area contributed by atoms with Crippen molar-refractivity contribution in [3.63, 3.8) is 0 Å². The molecule has 2 fully saturated rings. The van der Waals surface area contributed by atoms with Crippen LogP contribution in [0.1, 0.15) is 58.8 Å². The second-order valence-electron chi connectivity index (χ2n) is 6.41. The van der Waals surface area contributed by atoms with Crippen molar-refractivity contribution in [1.29, 1.82) is 0 Å². The van der Waals surface area contributed by atoms with E-state index in [1.54, 1.807) is 0 Å². The van der Waals surface area contributed by atoms with Gasteiger partial charge in [0.05, 0.1) is 11.7 Å². The van der Waals surface area contributed by atoms with E-state index in [4.69, 9.17) is 9.47 Å². The molecule has 1 N–H and O–H groups in total. The molecule has 0 amide bonds. The van der Waals surface area contributed by atoms with Crippen molar-refractivity contribution in [3.8, 4) is 0 Å². The third-order valence-electron chi connectivity index (χ3n) is 5.06. The van der Waals surface area contributed by atoms with Crippen molar-refractivity contribution in [3.05, 3.63) is 0 Å². The molecule has 0 radical (unpaired) electrons. The summed E-state index contributed by atoms with van der Waals surface area (Å²) in [6, 6.07) is 0.478. The van der Waals surface area contributed by atoms with Crippen LogP contribution in [-0.2, 0) is 9.47 Å². The SMILES string of the molecule is CCCNC(C1CCOC2(CCCC2)C1)C(C)OC. The molecule has 1 aliphatic carbocycles. The van der Waals surface area contributed by atoms with E-state index in [0.29, 0.717) is 12.0 Å². The fourth-order valence-corrected chi connectivity index (χ4v) is 3.91. The Kier molecular flexibility index (Phi) is 5.67. The van der Waals surface area contributed by atoms with Gasteiger partial charge in [0, 0.05) is 19.8 Å². The third-order valence-corrected chi connectivity index (χ3v) is 5.06. The van der Waals surface area contributed by atoms with Crippen molar-refractivity contribution in [2.24, 2.45) is 5.92 Å². The summed E-state index contributed by atoms with van der Waals surface area (Å²) < 4.78 is 11.8. The van der Waals surface area contributed by atoms with Gasteiger partial charge in [0.1, 0.15) is 0 Å². The summed E-state index contributed by atoms with van der Waals surface area (Å²) in [5.74, 6) is 0.702. The quantitative estimate of drug-likeness (QED) is 0.803. The summed E-state index contributed by atoms with van der Waals surface area (Å²) in [5, 5.41) is 3.72. The zero-order chi connectivity index (χ0) is 13.7.